The summed E-state index contributed by atoms with van der Waals surface area (Å²) in [6, 6.07) is 13.4. The molecule has 0 aliphatic carbocycles. The van der Waals surface area contributed by atoms with Gasteiger partial charge in [0.2, 0.25) is 0 Å². The van der Waals surface area contributed by atoms with E-state index in [4.69, 9.17) is 15.2 Å². The van der Waals surface area contributed by atoms with Crippen molar-refractivity contribution >= 4 is 16.9 Å². The van der Waals surface area contributed by atoms with Gasteiger partial charge in [0.25, 0.3) is 0 Å². The molecule has 4 aromatic rings. The smallest absolute Gasteiger partial charge is 0.179 e. The fraction of sp³-hybridized carbons (Fsp3) is 0.259. The summed E-state index contributed by atoms with van der Waals surface area (Å²) in [5, 5.41) is 14.6. The molecule has 2 aromatic carbocycles. The van der Waals surface area contributed by atoms with Crippen molar-refractivity contribution in [1.29, 1.82) is 5.26 Å². The summed E-state index contributed by atoms with van der Waals surface area (Å²) in [4.78, 5) is 10.2. The van der Waals surface area contributed by atoms with E-state index in [1.54, 1.807) is 39.9 Å². The Bertz CT molecular complexity index is 1520. The van der Waals surface area contributed by atoms with Crippen molar-refractivity contribution < 1.29 is 13.9 Å². The molecule has 1 fully saturated rings. The summed E-state index contributed by atoms with van der Waals surface area (Å²) in [7, 11) is 0. The lowest BCUT2D eigenvalue weighted by Crippen LogP contribution is -2.33. The van der Waals surface area contributed by atoms with Gasteiger partial charge in [0.15, 0.2) is 11.8 Å². The predicted octanol–water partition coefficient (Wildman–Crippen LogP) is 3.68. The monoisotopic (exact) mass is 497 g/mol. The molecule has 0 saturated carbocycles. The number of nitriles is 1. The van der Waals surface area contributed by atoms with Gasteiger partial charge >= 0.3 is 0 Å². The molecule has 0 spiro atoms. The summed E-state index contributed by atoms with van der Waals surface area (Å²) in [6.45, 7) is 1.66. The van der Waals surface area contributed by atoms with Gasteiger partial charge in [0.05, 0.1) is 18.0 Å². The van der Waals surface area contributed by atoms with Crippen LogP contribution < -0.4 is 15.2 Å². The number of piperidine rings is 1. The lowest BCUT2D eigenvalue weighted by atomic mass is 10.1. The Kier molecular flexibility index (Phi) is 7.00. The summed E-state index contributed by atoms with van der Waals surface area (Å²) in [5.41, 5.74) is 7.95. The molecule has 0 amide bonds. The zero-order valence-electron chi connectivity index (χ0n) is 20.0. The van der Waals surface area contributed by atoms with Crippen LogP contribution in [0.3, 0.4) is 0 Å². The molecule has 2 N–H and O–H groups in total. The molecule has 186 valence electrons. The maximum Gasteiger partial charge on any atom is 0.179 e. The average molecular weight is 498 g/mol. The second-order valence-electron chi connectivity index (χ2n) is 8.58. The number of hydrogen-bond acceptors (Lipinski definition) is 8. The third-order valence-electron chi connectivity index (χ3n) is 6.02. The Balaban J connectivity index is 1.28. The maximum absolute atomic E-state index is 13.4. The number of anilines is 1. The number of likely N-dealkylation sites (tertiary alicyclic amines) is 1. The van der Waals surface area contributed by atoms with E-state index >= 15 is 0 Å². The van der Waals surface area contributed by atoms with E-state index in [0.717, 1.165) is 24.9 Å². The van der Waals surface area contributed by atoms with Gasteiger partial charge in [-0.25, -0.2) is 19.0 Å². The van der Waals surface area contributed by atoms with Crippen LogP contribution in [-0.4, -0.2) is 44.3 Å². The number of hydrogen-bond donors (Lipinski definition) is 1. The molecule has 2 aromatic heterocycles. The number of ether oxygens (including phenoxy) is 2. The van der Waals surface area contributed by atoms with Crippen LogP contribution in [0.25, 0.3) is 11.0 Å². The van der Waals surface area contributed by atoms with E-state index in [1.807, 2.05) is 6.07 Å². The van der Waals surface area contributed by atoms with E-state index in [2.05, 4.69) is 33.1 Å². The Morgan fingerprint density at radius 3 is 2.78 bits per heavy atom. The van der Waals surface area contributed by atoms with Crippen molar-refractivity contribution in [3.63, 3.8) is 0 Å². The highest BCUT2D eigenvalue weighted by atomic mass is 19.1. The first kappa shape index (κ1) is 23.9. The first-order valence-corrected chi connectivity index (χ1v) is 11.8. The van der Waals surface area contributed by atoms with Crippen LogP contribution in [0.1, 0.15) is 30.1 Å². The van der Waals surface area contributed by atoms with Crippen LogP contribution in [0, 0.1) is 29.1 Å². The number of nitrogen functional groups attached to an aromatic ring is 1. The van der Waals surface area contributed by atoms with Crippen LogP contribution in [0.5, 0.6) is 11.5 Å². The van der Waals surface area contributed by atoms with Crippen LogP contribution in [0.2, 0.25) is 0 Å². The Morgan fingerprint density at radius 2 is 1.95 bits per heavy atom. The number of fused-ring (bicyclic) bond motifs is 1. The minimum absolute atomic E-state index is 0.00730. The van der Waals surface area contributed by atoms with Gasteiger partial charge < -0.3 is 20.1 Å². The van der Waals surface area contributed by atoms with Crippen molar-refractivity contribution in [2.45, 2.75) is 25.5 Å². The van der Waals surface area contributed by atoms with Gasteiger partial charge in [-0.1, -0.05) is 24.1 Å². The van der Waals surface area contributed by atoms with Crippen molar-refractivity contribution in [3.8, 4) is 29.5 Å². The Labute approximate surface area is 213 Å². The minimum atomic E-state index is -0.300. The van der Waals surface area contributed by atoms with Gasteiger partial charge in [-0.05, 0) is 48.6 Å². The fourth-order valence-corrected chi connectivity index (χ4v) is 4.27. The number of rotatable bonds is 6. The van der Waals surface area contributed by atoms with Gasteiger partial charge in [0, 0.05) is 12.6 Å². The molecule has 1 aliphatic heterocycles. The Morgan fingerprint density at radius 1 is 1.11 bits per heavy atom. The zero-order chi connectivity index (χ0) is 25.6. The molecule has 1 saturated heterocycles. The molecule has 0 bridgehead atoms. The molecular formula is C27H24FN7O2. The summed E-state index contributed by atoms with van der Waals surface area (Å²) < 4.78 is 26.7. The van der Waals surface area contributed by atoms with Gasteiger partial charge in [-0.2, -0.15) is 10.4 Å². The molecule has 0 radical (unpaired) electrons. The van der Waals surface area contributed by atoms with Crippen molar-refractivity contribution in [3.05, 3.63) is 71.9 Å². The minimum Gasteiger partial charge on any atom is -0.489 e. The number of halogens is 1. The number of nitrogens with zero attached hydrogens (tertiary/aromatic N) is 6. The topological polar surface area (TPSA) is 115 Å². The van der Waals surface area contributed by atoms with E-state index in [9.17, 15) is 9.65 Å². The van der Waals surface area contributed by atoms with E-state index in [-0.39, 0.29) is 25.1 Å². The molecule has 37 heavy (non-hydrogen) atoms. The largest absolute Gasteiger partial charge is 0.489 e. The number of nitrogens with two attached hydrogens (primary N) is 1. The van der Waals surface area contributed by atoms with Crippen molar-refractivity contribution in [1.82, 2.24) is 24.6 Å². The van der Waals surface area contributed by atoms with Gasteiger partial charge in [-0.3, -0.25) is 0 Å². The highest BCUT2D eigenvalue weighted by Gasteiger charge is 2.25. The molecule has 5 rings (SSSR count). The van der Waals surface area contributed by atoms with Crippen LogP contribution in [-0.2, 0) is 6.61 Å². The molecule has 1 unspecified atom stereocenters. The summed E-state index contributed by atoms with van der Waals surface area (Å²) >= 11 is 0. The Hall–Kier alpha value is -4.83. The van der Waals surface area contributed by atoms with Gasteiger partial charge in [-0.15, -0.1) is 0 Å². The lowest BCUT2D eigenvalue weighted by Gasteiger charge is -2.28. The maximum atomic E-state index is 13.4. The third-order valence-corrected chi connectivity index (χ3v) is 6.02. The van der Waals surface area contributed by atoms with Crippen LogP contribution in [0.4, 0.5) is 10.2 Å². The molecular weight excluding hydrogens is 473 g/mol. The highest BCUT2D eigenvalue weighted by molar-refractivity contribution is 5.90. The fourth-order valence-electron chi connectivity index (χ4n) is 4.27. The highest BCUT2D eigenvalue weighted by Crippen LogP contribution is 2.28. The average Bonchev–Trinajstić information content (AvgIpc) is 3.30. The first-order chi connectivity index (χ1) is 18.1. The predicted molar refractivity (Wildman–Crippen MR) is 135 cm³/mol. The molecule has 9 nitrogen and oxygen atoms in total. The lowest BCUT2D eigenvalue weighted by molar-refractivity contribution is 0.236. The summed E-state index contributed by atoms with van der Waals surface area (Å²) in [5.74, 6) is 7.21. The second-order valence-corrected chi connectivity index (χ2v) is 8.58. The molecule has 1 atom stereocenters. The summed E-state index contributed by atoms with van der Waals surface area (Å²) in [6.07, 6.45) is 5.39. The zero-order valence-corrected chi connectivity index (χ0v) is 20.0. The number of benzene rings is 2. The normalized spacial score (nSPS) is 15.0. The van der Waals surface area contributed by atoms with Crippen LogP contribution >= 0.6 is 0 Å². The quantitative estimate of drug-likeness (QED) is 0.317. The molecule has 1 aliphatic rings. The molecule has 10 heteroatoms. The number of aromatic nitrogens is 4. The van der Waals surface area contributed by atoms with Crippen molar-refractivity contribution in [2.75, 3.05) is 25.4 Å². The van der Waals surface area contributed by atoms with E-state index in [1.165, 1.54) is 18.5 Å². The SMILES string of the molecule is N#CN1CCCC(n2nc(C#CCOc3cccc(OCc4cccc(F)c4)c3)c3c(N)ncnc32)C1. The van der Waals surface area contributed by atoms with Gasteiger partial charge in [0.1, 0.15) is 48.4 Å². The standard InChI is InChI=1S/C27H24FN7O2/c28-20-6-1-5-19(13-20)16-37-23-9-2-8-22(14-23)36-12-4-10-24-25-26(30)31-18-32-27(25)35(33-24)21-7-3-11-34(15-21)17-29/h1-2,5-6,8-9,13-14,18,21H,3,7,11-12,15-16H2,(H2,30,31,32). The van der Waals surface area contributed by atoms with Crippen molar-refractivity contribution in [2.24, 2.45) is 0 Å². The second kappa shape index (κ2) is 10.8. The van der Waals surface area contributed by atoms with E-state index < -0.39 is 0 Å². The molecule has 3 heterocycles. The van der Waals surface area contributed by atoms with E-state index in [0.29, 0.717) is 40.6 Å². The van der Waals surface area contributed by atoms with Crippen LogP contribution in [0.15, 0.2) is 54.9 Å². The third kappa shape index (κ3) is 5.54. The first-order valence-electron chi connectivity index (χ1n) is 11.8.